The summed E-state index contributed by atoms with van der Waals surface area (Å²) in [6.45, 7) is 0.195. The molecule has 0 spiro atoms. The summed E-state index contributed by atoms with van der Waals surface area (Å²) in [5.41, 5.74) is 5.23. The van der Waals surface area contributed by atoms with Crippen molar-refractivity contribution in [1.82, 2.24) is 15.1 Å². The first-order valence-electron chi connectivity index (χ1n) is 10.5. The fourth-order valence-corrected chi connectivity index (χ4v) is 4.01. The van der Waals surface area contributed by atoms with Gasteiger partial charge >= 0.3 is 0 Å². The molecule has 1 N–H and O–H groups in total. The summed E-state index contributed by atoms with van der Waals surface area (Å²) in [5, 5.41) is 6.96. The van der Waals surface area contributed by atoms with Crippen molar-refractivity contribution in [3.8, 4) is 0 Å². The molecule has 2 aromatic carbocycles. The number of carbonyl (C=O) groups excluding carboxylic acids is 2. The van der Waals surface area contributed by atoms with Gasteiger partial charge in [-0.3, -0.25) is 14.3 Å². The fraction of sp³-hybridized carbons (Fsp3) is 0.115. The van der Waals surface area contributed by atoms with Crippen LogP contribution in [0.2, 0.25) is 0 Å². The monoisotopic (exact) mass is 443 g/mol. The van der Waals surface area contributed by atoms with E-state index in [1.54, 1.807) is 12.2 Å². The molecule has 2 aliphatic rings. The Balaban J connectivity index is 1.28. The maximum absolute atomic E-state index is 13.4. The van der Waals surface area contributed by atoms with Crippen LogP contribution in [0, 0.1) is 11.6 Å². The smallest absolute Gasteiger partial charge is 0.258 e. The summed E-state index contributed by atoms with van der Waals surface area (Å²) in [5.74, 6) is -2.19. The molecule has 0 saturated heterocycles. The third-order valence-corrected chi connectivity index (χ3v) is 5.70. The van der Waals surface area contributed by atoms with Gasteiger partial charge in [0.2, 0.25) is 0 Å². The highest BCUT2D eigenvalue weighted by atomic mass is 19.2. The number of benzene rings is 2. The number of rotatable bonds is 5. The second kappa shape index (κ2) is 8.43. The molecule has 0 saturated carbocycles. The van der Waals surface area contributed by atoms with Crippen LogP contribution in [0.1, 0.15) is 33.5 Å². The highest BCUT2D eigenvalue weighted by Gasteiger charge is 2.23. The molecule has 1 heterocycles. The molecule has 5 nitrogen and oxygen atoms in total. The van der Waals surface area contributed by atoms with Gasteiger partial charge in [0.25, 0.3) is 5.91 Å². The average molecular weight is 443 g/mol. The maximum Gasteiger partial charge on any atom is 0.258 e. The van der Waals surface area contributed by atoms with Gasteiger partial charge in [-0.15, -0.1) is 0 Å². The Morgan fingerprint density at radius 3 is 2.76 bits per heavy atom. The minimum Gasteiger partial charge on any atom is -0.322 e. The number of fused-ring (bicyclic) bond motifs is 1. The van der Waals surface area contributed by atoms with E-state index in [0.29, 0.717) is 28.8 Å². The molecule has 5 rings (SSSR count). The zero-order valence-electron chi connectivity index (χ0n) is 17.5. The molecule has 3 aromatic rings. The molecule has 2 aliphatic carbocycles. The molecule has 33 heavy (non-hydrogen) atoms. The summed E-state index contributed by atoms with van der Waals surface area (Å²) in [6.07, 6.45) is 9.27. The van der Waals surface area contributed by atoms with Crippen LogP contribution in [-0.2, 0) is 17.8 Å². The third-order valence-electron chi connectivity index (χ3n) is 5.70. The van der Waals surface area contributed by atoms with Crippen molar-refractivity contribution in [1.29, 1.82) is 0 Å². The van der Waals surface area contributed by atoms with E-state index in [1.807, 2.05) is 30.3 Å². The lowest BCUT2D eigenvalue weighted by molar-refractivity contribution is -0.114. The van der Waals surface area contributed by atoms with Crippen LogP contribution < -0.4 is 5.32 Å². The van der Waals surface area contributed by atoms with E-state index in [9.17, 15) is 18.4 Å². The molecule has 7 heteroatoms. The SMILES string of the molecule is O=C1CC=C(NC(=O)c2cnn(Cc3ccc(F)c(F)c3)c2)C=C1C1=Cc2ccccc2C1. The van der Waals surface area contributed by atoms with E-state index in [0.717, 1.165) is 23.3 Å². The number of aromatic nitrogens is 2. The first-order chi connectivity index (χ1) is 16.0. The first-order valence-corrected chi connectivity index (χ1v) is 10.5. The Kier molecular flexibility index (Phi) is 5.30. The van der Waals surface area contributed by atoms with Gasteiger partial charge in [-0.25, -0.2) is 8.78 Å². The molecule has 1 amide bonds. The highest BCUT2D eigenvalue weighted by molar-refractivity contribution is 6.04. The van der Waals surface area contributed by atoms with Gasteiger partial charge < -0.3 is 5.32 Å². The Morgan fingerprint density at radius 1 is 1.09 bits per heavy atom. The van der Waals surface area contributed by atoms with E-state index >= 15 is 0 Å². The normalized spacial score (nSPS) is 15.0. The summed E-state index contributed by atoms with van der Waals surface area (Å²) in [7, 11) is 0. The lowest BCUT2D eigenvalue weighted by Gasteiger charge is -2.14. The first kappa shape index (κ1) is 20.8. The minimum atomic E-state index is -0.931. The van der Waals surface area contributed by atoms with Crippen LogP contribution in [0.3, 0.4) is 0 Å². The van der Waals surface area contributed by atoms with Crippen LogP contribution >= 0.6 is 0 Å². The number of amides is 1. The van der Waals surface area contributed by atoms with Crippen molar-refractivity contribution in [2.75, 3.05) is 0 Å². The van der Waals surface area contributed by atoms with Crippen molar-refractivity contribution in [2.45, 2.75) is 19.4 Å². The van der Waals surface area contributed by atoms with Crippen LogP contribution in [0.4, 0.5) is 8.78 Å². The molecule has 164 valence electrons. The maximum atomic E-state index is 13.4. The lowest BCUT2D eigenvalue weighted by atomic mass is 9.93. The molecule has 0 aliphatic heterocycles. The summed E-state index contributed by atoms with van der Waals surface area (Å²) in [6, 6.07) is 11.6. The number of carbonyl (C=O) groups is 2. The van der Waals surface area contributed by atoms with E-state index in [1.165, 1.54) is 28.7 Å². The van der Waals surface area contributed by atoms with Gasteiger partial charge in [-0.2, -0.15) is 5.10 Å². The topological polar surface area (TPSA) is 64.0 Å². The van der Waals surface area contributed by atoms with Gasteiger partial charge in [0.05, 0.1) is 18.3 Å². The fourth-order valence-electron chi connectivity index (χ4n) is 4.01. The number of hydrogen-bond acceptors (Lipinski definition) is 3. The Labute approximate surface area is 188 Å². The number of Topliss-reactive ketones (excluding diaryl/α,β-unsaturated/α-hetero) is 1. The van der Waals surface area contributed by atoms with Crippen LogP contribution in [0.15, 0.2) is 83.9 Å². The average Bonchev–Trinajstić information content (AvgIpc) is 3.44. The Hall–Kier alpha value is -4.13. The number of nitrogens with zero attached hydrogens (tertiary/aromatic N) is 2. The molecular weight excluding hydrogens is 424 g/mol. The highest BCUT2D eigenvalue weighted by Crippen LogP contribution is 2.32. The van der Waals surface area contributed by atoms with Crippen LogP contribution in [0.25, 0.3) is 6.08 Å². The molecule has 0 bridgehead atoms. The molecular formula is C26H19F2N3O2. The predicted octanol–water partition coefficient (Wildman–Crippen LogP) is 4.36. The number of halogens is 2. The van der Waals surface area contributed by atoms with Gasteiger partial charge in [-0.05, 0) is 46.9 Å². The van der Waals surface area contributed by atoms with Gasteiger partial charge in [-0.1, -0.05) is 42.5 Å². The predicted molar refractivity (Wildman–Crippen MR) is 119 cm³/mol. The standard InChI is InChI=1S/C26H19F2N3O2/c27-23-7-5-16(9-24(23)28)14-31-15-20(13-29-31)26(33)30-21-6-8-25(32)22(12-21)19-10-17-3-1-2-4-18(17)11-19/h1-7,9-10,12-13,15H,8,11,14H2,(H,30,33). The summed E-state index contributed by atoms with van der Waals surface area (Å²) in [4.78, 5) is 25.2. The molecule has 0 atom stereocenters. The summed E-state index contributed by atoms with van der Waals surface area (Å²) < 4.78 is 28.0. The van der Waals surface area contributed by atoms with Crippen molar-refractivity contribution in [3.05, 3.63) is 118 Å². The number of allylic oxidation sites excluding steroid dienone is 4. The van der Waals surface area contributed by atoms with E-state index < -0.39 is 11.6 Å². The lowest BCUT2D eigenvalue weighted by Crippen LogP contribution is -2.24. The quantitative estimate of drug-likeness (QED) is 0.637. The minimum absolute atomic E-state index is 0.0198. The van der Waals surface area contributed by atoms with Crippen molar-refractivity contribution >= 4 is 17.8 Å². The molecule has 1 aromatic heterocycles. The molecule has 0 unspecified atom stereocenters. The van der Waals surface area contributed by atoms with Crippen molar-refractivity contribution in [3.63, 3.8) is 0 Å². The molecule has 0 radical (unpaired) electrons. The van der Waals surface area contributed by atoms with Crippen molar-refractivity contribution in [2.24, 2.45) is 0 Å². The van der Waals surface area contributed by atoms with Crippen LogP contribution in [0.5, 0.6) is 0 Å². The third kappa shape index (κ3) is 4.30. The van der Waals surface area contributed by atoms with E-state index in [4.69, 9.17) is 0 Å². The Morgan fingerprint density at radius 2 is 1.94 bits per heavy atom. The number of hydrogen-bond donors (Lipinski definition) is 1. The van der Waals surface area contributed by atoms with E-state index in [2.05, 4.69) is 10.4 Å². The van der Waals surface area contributed by atoms with Gasteiger partial charge in [0.15, 0.2) is 17.4 Å². The van der Waals surface area contributed by atoms with Crippen molar-refractivity contribution < 1.29 is 18.4 Å². The Bertz CT molecular complexity index is 1380. The van der Waals surface area contributed by atoms with Crippen LogP contribution in [-0.4, -0.2) is 21.5 Å². The van der Waals surface area contributed by atoms with E-state index in [-0.39, 0.29) is 24.7 Å². The van der Waals surface area contributed by atoms with Gasteiger partial charge in [0, 0.05) is 23.9 Å². The zero-order valence-corrected chi connectivity index (χ0v) is 17.5. The summed E-state index contributed by atoms with van der Waals surface area (Å²) >= 11 is 0. The zero-order chi connectivity index (χ0) is 22.9. The molecule has 0 fully saturated rings. The number of ketones is 1. The second-order valence-electron chi connectivity index (χ2n) is 8.02. The number of nitrogens with one attached hydrogen (secondary N) is 1. The van der Waals surface area contributed by atoms with Gasteiger partial charge in [0.1, 0.15) is 0 Å². The second-order valence-corrected chi connectivity index (χ2v) is 8.02. The largest absolute Gasteiger partial charge is 0.322 e.